The molecule has 1 heterocycles. The maximum Gasteiger partial charge on any atom is 0.317 e. The number of hydrogen-bond acceptors (Lipinski definition) is 1. The Morgan fingerprint density at radius 2 is 2.30 bits per heavy atom. The van der Waals surface area contributed by atoms with Crippen LogP contribution in [0.2, 0.25) is 0 Å². The Balaban J connectivity index is 1.96. The fourth-order valence-electron chi connectivity index (χ4n) is 1.53. The van der Waals surface area contributed by atoms with E-state index in [0.717, 1.165) is 13.1 Å². The summed E-state index contributed by atoms with van der Waals surface area (Å²) < 4.78 is 0. The van der Waals surface area contributed by atoms with Crippen LogP contribution in [0.1, 0.15) is 19.3 Å². The highest BCUT2D eigenvalue weighted by molar-refractivity contribution is 5.76. The molecule has 56 valence electrons. The third-order valence-corrected chi connectivity index (χ3v) is 2.41. The molecule has 1 aliphatic carbocycles. The van der Waals surface area contributed by atoms with E-state index in [1.807, 2.05) is 4.90 Å². The van der Waals surface area contributed by atoms with E-state index in [1.165, 1.54) is 19.3 Å². The van der Waals surface area contributed by atoms with Crippen molar-refractivity contribution in [1.29, 1.82) is 0 Å². The first kappa shape index (κ1) is 6.01. The van der Waals surface area contributed by atoms with E-state index in [0.29, 0.717) is 6.04 Å². The zero-order valence-electron chi connectivity index (χ0n) is 5.97. The molecule has 1 saturated heterocycles. The van der Waals surface area contributed by atoms with Crippen LogP contribution in [0.15, 0.2) is 0 Å². The van der Waals surface area contributed by atoms with Crippen LogP contribution in [0.4, 0.5) is 4.79 Å². The zero-order chi connectivity index (χ0) is 6.97. The van der Waals surface area contributed by atoms with Gasteiger partial charge in [-0.2, -0.15) is 0 Å². The molecule has 0 aromatic heterocycles. The van der Waals surface area contributed by atoms with Gasteiger partial charge in [0.05, 0.1) is 0 Å². The lowest BCUT2D eigenvalue weighted by Gasteiger charge is -2.33. The molecule has 0 spiro atoms. The van der Waals surface area contributed by atoms with E-state index in [2.05, 4.69) is 5.32 Å². The average molecular weight is 140 g/mol. The Morgan fingerprint density at radius 3 is 2.70 bits per heavy atom. The summed E-state index contributed by atoms with van der Waals surface area (Å²) in [6.07, 6.45) is 3.73. The largest absolute Gasteiger partial charge is 0.336 e. The Kier molecular flexibility index (Phi) is 1.29. The second-order valence-electron chi connectivity index (χ2n) is 3.01. The highest BCUT2D eigenvalue weighted by atomic mass is 16.2. The number of urea groups is 1. The van der Waals surface area contributed by atoms with Gasteiger partial charge in [0.2, 0.25) is 0 Å². The average Bonchev–Trinajstić information content (AvgIpc) is 2.12. The van der Waals surface area contributed by atoms with Gasteiger partial charge in [0.25, 0.3) is 0 Å². The molecule has 0 aromatic carbocycles. The molecule has 3 nitrogen and oxygen atoms in total. The van der Waals surface area contributed by atoms with Crippen molar-refractivity contribution in [1.82, 2.24) is 10.2 Å². The van der Waals surface area contributed by atoms with Crippen LogP contribution in [0.25, 0.3) is 0 Å². The lowest BCUT2D eigenvalue weighted by Crippen LogP contribution is -2.41. The molecule has 1 N–H and O–H groups in total. The first-order chi connectivity index (χ1) is 4.88. The van der Waals surface area contributed by atoms with Gasteiger partial charge in [-0.3, -0.25) is 0 Å². The van der Waals surface area contributed by atoms with Gasteiger partial charge >= 0.3 is 6.03 Å². The van der Waals surface area contributed by atoms with Gasteiger partial charge in [0.1, 0.15) is 0 Å². The summed E-state index contributed by atoms with van der Waals surface area (Å²) >= 11 is 0. The van der Waals surface area contributed by atoms with Crippen molar-refractivity contribution in [2.75, 3.05) is 13.1 Å². The number of nitrogens with one attached hydrogen (secondary N) is 1. The van der Waals surface area contributed by atoms with Crippen molar-refractivity contribution in [2.24, 2.45) is 0 Å². The summed E-state index contributed by atoms with van der Waals surface area (Å²) in [6, 6.07) is 0.715. The molecule has 2 rings (SSSR count). The lowest BCUT2D eigenvalue weighted by atomic mass is 9.92. The molecule has 2 fully saturated rings. The molecule has 10 heavy (non-hydrogen) atoms. The monoisotopic (exact) mass is 140 g/mol. The van der Waals surface area contributed by atoms with E-state index in [1.54, 1.807) is 0 Å². The SMILES string of the molecule is O=C1NCCN1C1CCC1. The van der Waals surface area contributed by atoms with Crippen molar-refractivity contribution in [3.63, 3.8) is 0 Å². The van der Waals surface area contributed by atoms with Crippen LogP contribution in [0, 0.1) is 0 Å². The molecule has 1 aliphatic heterocycles. The molecule has 0 radical (unpaired) electrons. The number of carbonyl (C=O) groups is 1. The molecule has 0 aromatic rings. The highest BCUT2D eigenvalue weighted by Crippen LogP contribution is 2.25. The number of carbonyl (C=O) groups excluding carboxylic acids is 1. The minimum Gasteiger partial charge on any atom is -0.336 e. The van der Waals surface area contributed by atoms with Crippen molar-refractivity contribution >= 4 is 6.03 Å². The maximum absolute atomic E-state index is 11.0. The van der Waals surface area contributed by atoms with Gasteiger partial charge in [-0.25, -0.2) is 4.79 Å². The third-order valence-electron chi connectivity index (χ3n) is 2.41. The van der Waals surface area contributed by atoms with Crippen molar-refractivity contribution in [2.45, 2.75) is 25.3 Å². The topological polar surface area (TPSA) is 32.3 Å². The molecule has 0 atom stereocenters. The molecular weight excluding hydrogens is 128 g/mol. The normalized spacial score (nSPS) is 26.4. The molecule has 0 bridgehead atoms. The third kappa shape index (κ3) is 0.770. The second kappa shape index (κ2) is 2.15. The molecule has 0 unspecified atom stereocenters. The fraction of sp³-hybridized carbons (Fsp3) is 0.857. The van der Waals surface area contributed by atoms with Crippen LogP contribution >= 0.6 is 0 Å². The Morgan fingerprint density at radius 1 is 1.50 bits per heavy atom. The Bertz CT molecular complexity index is 154. The standard InChI is InChI=1S/C7H12N2O/c10-7-8-4-5-9(7)6-2-1-3-6/h6H,1-5H2,(H,8,10). The summed E-state index contributed by atoms with van der Waals surface area (Å²) in [5.41, 5.74) is 0. The predicted molar refractivity (Wildman–Crippen MR) is 37.7 cm³/mol. The first-order valence-corrected chi connectivity index (χ1v) is 3.92. The molecular formula is C7H12N2O. The van der Waals surface area contributed by atoms with Crippen LogP contribution in [0.5, 0.6) is 0 Å². The van der Waals surface area contributed by atoms with Crippen LogP contribution < -0.4 is 5.32 Å². The molecule has 2 aliphatic rings. The fourth-order valence-corrected chi connectivity index (χ4v) is 1.53. The summed E-state index contributed by atoms with van der Waals surface area (Å²) in [6.45, 7) is 1.76. The first-order valence-electron chi connectivity index (χ1n) is 3.92. The quantitative estimate of drug-likeness (QED) is 0.567. The van der Waals surface area contributed by atoms with E-state index in [4.69, 9.17) is 0 Å². The minimum absolute atomic E-state index is 0.143. The number of nitrogens with zero attached hydrogens (tertiary/aromatic N) is 1. The van der Waals surface area contributed by atoms with E-state index < -0.39 is 0 Å². The highest BCUT2D eigenvalue weighted by Gasteiger charge is 2.31. The Labute approximate surface area is 60.4 Å². The zero-order valence-corrected chi connectivity index (χ0v) is 5.97. The van der Waals surface area contributed by atoms with Gasteiger partial charge in [0.15, 0.2) is 0 Å². The van der Waals surface area contributed by atoms with Gasteiger partial charge < -0.3 is 10.2 Å². The predicted octanol–water partition coefficient (Wildman–Crippen LogP) is 0.564. The second-order valence-corrected chi connectivity index (χ2v) is 3.01. The van der Waals surface area contributed by atoms with E-state index in [-0.39, 0.29) is 6.03 Å². The van der Waals surface area contributed by atoms with Crippen LogP contribution in [-0.4, -0.2) is 30.1 Å². The number of hydrogen-bond donors (Lipinski definition) is 1. The molecule has 3 heteroatoms. The smallest absolute Gasteiger partial charge is 0.317 e. The summed E-state index contributed by atoms with van der Waals surface area (Å²) in [4.78, 5) is 13.0. The lowest BCUT2D eigenvalue weighted by molar-refractivity contribution is 0.162. The van der Waals surface area contributed by atoms with Crippen molar-refractivity contribution < 1.29 is 4.79 Å². The summed E-state index contributed by atoms with van der Waals surface area (Å²) in [5, 5.41) is 2.81. The van der Waals surface area contributed by atoms with Crippen LogP contribution in [0.3, 0.4) is 0 Å². The van der Waals surface area contributed by atoms with E-state index in [9.17, 15) is 4.79 Å². The van der Waals surface area contributed by atoms with E-state index >= 15 is 0 Å². The number of amides is 2. The van der Waals surface area contributed by atoms with Gasteiger partial charge in [-0.1, -0.05) is 0 Å². The molecule has 2 amide bonds. The summed E-state index contributed by atoms with van der Waals surface area (Å²) in [5.74, 6) is 0. The van der Waals surface area contributed by atoms with Crippen LogP contribution in [-0.2, 0) is 0 Å². The number of rotatable bonds is 1. The van der Waals surface area contributed by atoms with Gasteiger partial charge in [0, 0.05) is 19.1 Å². The van der Waals surface area contributed by atoms with Crippen molar-refractivity contribution in [3.05, 3.63) is 0 Å². The Hall–Kier alpha value is -0.730. The summed E-state index contributed by atoms with van der Waals surface area (Å²) in [7, 11) is 0. The van der Waals surface area contributed by atoms with Gasteiger partial charge in [-0.05, 0) is 19.3 Å². The molecule has 1 saturated carbocycles. The van der Waals surface area contributed by atoms with Gasteiger partial charge in [-0.15, -0.1) is 0 Å². The van der Waals surface area contributed by atoms with Crippen molar-refractivity contribution in [3.8, 4) is 0 Å². The minimum atomic E-state index is 0.143. The maximum atomic E-state index is 11.0.